The molecule has 1 rings (SSSR count). The van der Waals surface area contributed by atoms with Crippen molar-refractivity contribution in [3.8, 4) is 0 Å². The van der Waals surface area contributed by atoms with Gasteiger partial charge in [-0.05, 0) is 18.9 Å². The second kappa shape index (κ2) is 6.73. The van der Waals surface area contributed by atoms with E-state index in [1.54, 1.807) is 0 Å². The van der Waals surface area contributed by atoms with Crippen molar-refractivity contribution in [2.45, 2.75) is 50.4 Å². The highest BCUT2D eigenvalue weighted by Crippen LogP contribution is 2.24. The topological polar surface area (TPSA) is 52.1 Å². The number of thioether (sulfide) groups is 1. The quantitative estimate of drug-likeness (QED) is 0.467. The van der Waals surface area contributed by atoms with Gasteiger partial charge in [-0.25, -0.2) is 9.97 Å². The number of esters is 1. The molecule has 100 valence electrons. The number of carbonyl (C=O) groups is 1. The summed E-state index contributed by atoms with van der Waals surface area (Å²) in [7, 11) is 1.40. The van der Waals surface area contributed by atoms with E-state index in [1.165, 1.54) is 18.9 Å². The summed E-state index contributed by atoms with van der Waals surface area (Å²) in [6, 6.07) is 2.00. The second-order valence-corrected chi connectivity index (χ2v) is 5.99. The zero-order chi connectivity index (χ0) is 13.7. The molecular formula is C13H20N2O2S. The van der Waals surface area contributed by atoms with Gasteiger partial charge in [0, 0.05) is 16.6 Å². The van der Waals surface area contributed by atoms with Crippen molar-refractivity contribution >= 4 is 17.7 Å². The summed E-state index contributed by atoms with van der Waals surface area (Å²) in [6.45, 7) is 8.15. The zero-order valence-electron chi connectivity index (χ0n) is 11.6. The van der Waals surface area contributed by atoms with Gasteiger partial charge in [0.1, 0.15) is 0 Å². The van der Waals surface area contributed by atoms with Gasteiger partial charge < -0.3 is 4.74 Å². The Balaban J connectivity index is 2.75. The van der Waals surface area contributed by atoms with E-state index >= 15 is 0 Å². The fourth-order valence-electron chi connectivity index (χ4n) is 1.45. The number of nitrogens with zero attached hydrogens (tertiary/aromatic N) is 2. The number of hydrogen-bond donors (Lipinski definition) is 0. The number of aryl methyl sites for hydroxylation is 1. The van der Waals surface area contributed by atoms with Gasteiger partial charge in [0.15, 0.2) is 5.16 Å². The predicted molar refractivity (Wildman–Crippen MR) is 72.8 cm³/mol. The van der Waals surface area contributed by atoms with Crippen LogP contribution in [0, 0.1) is 6.92 Å². The lowest BCUT2D eigenvalue weighted by molar-refractivity contribution is -0.140. The first-order chi connectivity index (χ1) is 8.42. The van der Waals surface area contributed by atoms with E-state index in [2.05, 4.69) is 28.6 Å². The van der Waals surface area contributed by atoms with Crippen molar-refractivity contribution in [3.05, 3.63) is 17.5 Å². The van der Waals surface area contributed by atoms with Crippen LogP contribution in [0.5, 0.6) is 0 Å². The molecule has 1 aromatic rings. The largest absolute Gasteiger partial charge is 0.469 e. The van der Waals surface area contributed by atoms with Crippen molar-refractivity contribution in [1.29, 1.82) is 0 Å². The maximum Gasteiger partial charge on any atom is 0.306 e. The van der Waals surface area contributed by atoms with Crippen molar-refractivity contribution in [2.24, 2.45) is 0 Å². The van der Waals surface area contributed by atoms with E-state index in [4.69, 9.17) is 0 Å². The van der Waals surface area contributed by atoms with E-state index in [1.807, 2.05) is 19.9 Å². The fraction of sp³-hybridized carbons (Fsp3) is 0.615. The molecule has 0 aliphatic heterocycles. The van der Waals surface area contributed by atoms with E-state index < -0.39 is 0 Å². The maximum atomic E-state index is 11.2. The second-order valence-electron chi connectivity index (χ2n) is 4.58. The molecule has 5 heteroatoms. The van der Waals surface area contributed by atoms with E-state index in [9.17, 15) is 4.79 Å². The fourth-order valence-corrected chi connectivity index (χ4v) is 2.39. The first-order valence-electron chi connectivity index (χ1n) is 6.01. The molecule has 0 aliphatic carbocycles. The van der Waals surface area contributed by atoms with E-state index in [0.717, 1.165) is 16.5 Å². The van der Waals surface area contributed by atoms with Gasteiger partial charge >= 0.3 is 5.97 Å². The third-order valence-corrected chi connectivity index (χ3v) is 3.40. The van der Waals surface area contributed by atoms with Gasteiger partial charge in [-0.3, -0.25) is 4.79 Å². The highest BCUT2D eigenvalue weighted by atomic mass is 32.2. The molecule has 0 aromatic carbocycles. The molecule has 1 aromatic heterocycles. The highest BCUT2D eigenvalue weighted by Gasteiger charge is 2.13. The summed E-state index contributed by atoms with van der Waals surface area (Å²) in [5.74, 6) is 0.175. The van der Waals surface area contributed by atoms with Crippen molar-refractivity contribution in [1.82, 2.24) is 9.97 Å². The standard InChI is InChI=1S/C13H20N2O2S/c1-8(2)11-6-9(3)14-13(15-11)18-10(4)7-12(16)17-5/h6,8,10H,7H2,1-5H3. The van der Waals surface area contributed by atoms with E-state index in [-0.39, 0.29) is 11.2 Å². The van der Waals surface area contributed by atoms with Crippen molar-refractivity contribution < 1.29 is 9.53 Å². The summed E-state index contributed by atoms with van der Waals surface area (Å²) in [6.07, 6.45) is 0.371. The maximum absolute atomic E-state index is 11.2. The normalized spacial score (nSPS) is 12.6. The third kappa shape index (κ3) is 4.64. The Kier molecular flexibility index (Phi) is 5.59. The molecule has 0 spiro atoms. The summed E-state index contributed by atoms with van der Waals surface area (Å²) < 4.78 is 4.65. The van der Waals surface area contributed by atoms with Crippen LogP contribution in [-0.4, -0.2) is 28.3 Å². The van der Waals surface area contributed by atoms with Crippen LogP contribution in [0.1, 0.15) is 44.5 Å². The molecule has 0 fully saturated rings. The monoisotopic (exact) mass is 268 g/mol. The average Bonchev–Trinajstić information content (AvgIpc) is 2.27. The predicted octanol–water partition coefficient (Wildman–Crippen LogP) is 2.95. The Bertz CT molecular complexity index is 421. The molecule has 1 atom stereocenters. The molecule has 1 heterocycles. The van der Waals surface area contributed by atoms with Gasteiger partial charge in [0.2, 0.25) is 0 Å². The van der Waals surface area contributed by atoms with Crippen LogP contribution in [0.3, 0.4) is 0 Å². The zero-order valence-corrected chi connectivity index (χ0v) is 12.4. The van der Waals surface area contributed by atoms with E-state index in [0.29, 0.717) is 12.3 Å². The number of aromatic nitrogens is 2. The molecule has 0 saturated heterocycles. The first kappa shape index (κ1) is 15.0. The Hall–Kier alpha value is -1.10. The highest BCUT2D eigenvalue weighted by molar-refractivity contribution is 7.99. The van der Waals surface area contributed by atoms with Crippen LogP contribution in [0.25, 0.3) is 0 Å². The molecule has 0 saturated carbocycles. The van der Waals surface area contributed by atoms with Gasteiger partial charge in [-0.15, -0.1) is 0 Å². The number of hydrogen-bond acceptors (Lipinski definition) is 5. The van der Waals surface area contributed by atoms with Crippen molar-refractivity contribution in [2.75, 3.05) is 7.11 Å². The Morgan fingerprint density at radius 3 is 2.61 bits per heavy atom. The third-order valence-electron chi connectivity index (χ3n) is 2.43. The van der Waals surface area contributed by atoms with Gasteiger partial charge in [0.25, 0.3) is 0 Å². The van der Waals surface area contributed by atoms with Crippen LogP contribution in [0.4, 0.5) is 0 Å². The first-order valence-corrected chi connectivity index (χ1v) is 6.89. The summed E-state index contributed by atoms with van der Waals surface area (Å²) in [4.78, 5) is 20.1. The lowest BCUT2D eigenvalue weighted by Crippen LogP contribution is -2.09. The summed E-state index contributed by atoms with van der Waals surface area (Å²) in [5.41, 5.74) is 2.00. The summed E-state index contributed by atoms with van der Waals surface area (Å²) in [5, 5.41) is 0.842. The molecule has 0 amide bonds. The SMILES string of the molecule is COC(=O)CC(C)Sc1nc(C)cc(C(C)C)n1. The minimum Gasteiger partial charge on any atom is -0.469 e. The smallest absolute Gasteiger partial charge is 0.306 e. The molecule has 1 unspecified atom stereocenters. The van der Waals surface area contributed by atoms with Crippen LogP contribution >= 0.6 is 11.8 Å². The van der Waals surface area contributed by atoms with Gasteiger partial charge in [-0.1, -0.05) is 32.5 Å². The Morgan fingerprint density at radius 2 is 2.06 bits per heavy atom. The minimum absolute atomic E-state index is 0.110. The van der Waals surface area contributed by atoms with Crippen LogP contribution < -0.4 is 0 Å². The number of ether oxygens (including phenoxy) is 1. The van der Waals surface area contributed by atoms with Crippen LogP contribution in [0.2, 0.25) is 0 Å². The summed E-state index contributed by atoms with van der Waals surface area (Å²) >= 11 is 1.51. The molecule has 0 aliphatic rings. The molecule has 0 bridgehead atoms. The van der Waals surface area contributed by atoms with Crippen molar-refractivity contribution in [3.63, 3.8) is 0 Å². The lowest BCUT2D eigenvalue weighted by Gasteiger charge is -2.11. The number of rotatable bonds is 5. The van der Waals surface area contributed by atoms with Gasteiger partial charge in [-0.2, -0.15) is 0 Å². The Labute approximate surface area is 113 Å². The van der Waals surface area contributed by atoms with Crippen LogP contribution in [-0.2, 0) is 9.53 Å². The van der Waals surface area contributed by atoms with Crippen LogP contribution in [0.15, 0.2) is 11.2 Å². The molecule has 0 N–H and O–H groups in total. The average molecular weight is 268 g/mol. The molecule has 4 nitrogen and oxygen atoms in total. The molecule has 18 heavy (non-hydrogen) atoms. The number of methoxy groups -OCH3 is 1. The van der Waals surface area contributed by atoms with Gasteiger partial charge in [0.05, 0.1) is 13.5 Å². The number of carbonyl (C=O) groups excluding carboxylic acids is 1. The molecule has 0 radical (unpaired) electrons. The minimum atomic E-state index is -0.202. The lowest BCUT2D eigenvalue weighted by atomic mass is 10.1. The molecular weight excluding hydrogens is 248 g/mol. The Morgan fingerprint density at radius 1 is 1.39 bits per heavy atom.